The molecule has 1 saturated heterocycles. The van der Waals surface area contributed by atoms with Gasteiger partial charge in [0.25, 0.3) is 5.91 Å². The van der Waals surface area contributed by atoms with Gasteiger partial charge in [-0.3, -0.25) is 9.80 Å². The van der Waals surface area contributed by atoms with Gasteiger partial charge in [0.2, 0.25) is 0 Å². The van der Waals surface area contributed by atoms with Crippen molar-refractivity contribution in [1.29, 1.82) is 0 Å². The molecule has 2 N–H and O–H groups in total. The zero-order valence-electron chi connectivity index (χ0n) is 19.6. The predicted molar refractivity (Wildman–Crippen MR) is 143 cm³/mol. The molecule has 5 rings (SSSR count). The van der Waals surface area contributed by atoms with Crippen LogP contribution in [0.15, 0.2) is 77.8 Å². The van der Waals surface area contributed by atoms with Gasteiger partial charge >= 0.3 is 0 Å². The monoisotopic (exact) mass is 517 g/mol. The van der Waals surface area contributed by atoms with Gasteiger partial charge in [-0.25, -0.2) is 10.5 Å². The lowest BCUT2D eigenvalue weighted by Gasteiger charge is -2.19. The van der Waals surface area contributed by atoms with Crippen molar-refractivity contribution in [2.24, 2.45) is 4.99 Å². The molecule has 0 radical (unpaired) electrons. The number of nitrogens with one attached hydrogen (secondary N) is 2. The Bertz CT molecular complexity index is 1380. The summed E-state index contributed by atoms with van der Waals surface area (Å²) in [5.74, 6) is 0.406. The van der Waals surface area contributed by atoms with E-state index in [1.807, 2.05) is 47.5 Å². The number of nitrogens with zero attached hydrogens (tertiary/aromatic N) is 5. The third-order valence-electron chi connectivity index (χ3n) is 5.80. The van der Waals surface area contributed by atoms with E-state index in [9.17, 15) is 4.79 Å². The van der Waals surface area contributed by atoms with Gasteiger partial charge in [0, 0.05) is 10.6 Å². The maximum Gasteiger partial charge on any atom is 0.252 e. The minimum absolute atomic E-state index is 0.165. The normalized spacial score (nSPS) is 16.6. The third-order valence-corrected chi connectivity index (χ3v) is 7.42. The number of carbonyl (C=O) groups is 1. The van der Waals surface area contributed by atoms with E-state index in [-0.39, 0.29) is 17.7 Å². The van der Waals surface area contributed by atoms with E-state index in [1.54, 1.807) is 17.8 Å². The Kier molecular flexibility index (Phi) is 7.41. The fourth-order valence-electron chi connectivity index (χ4n) is 3.96. The van der Waals surface area contributed by atoms with Crippen molar-refractivity contribution < 1.29 is 4.79 Å². The largest absolute Gasteiger partial charge is 0.281 e. The summed E-state index contributed by atoms with van der Waals surface area (Å²) < 4.78 is 0. The minimum Gasteiger partial charge on any atom is -0.281 e. The predicted octanol–water partition coefficient (Wildman–Crippen LogP) is 5.10. The van der Waals surface area contributed by atoms with Crippen LogP contribution >= 0.6 is 23.4 Å². The van der Waals surface area contributed by atoms with Crippen LogP contribution in [0.3, 0.4) is 0 Å². The molecule has 1 atom stereocenters. The second kappa shape index (κ2) is 11.0. The van der Waals surface area contributed by atoms with E-state index in [1.165, 1.54) is 0 Å². The Hall–Kier alpha value is -3.53. The van der Waals surface area contributed by atoms with E-state index in [0.717, 1.165) is 34.2 Å². The molecule has 1 aliphatic heterocycles. The van der Waals surface area contributed by atoms with Crippen LogP contribution in [-0.2, 0) is 17.8 Å². The van der Waals surface area contributed by atoms with Gasteiger partial charge in [-0.15, -0.1) is 5.10 Å². The molecule has 1 unspecified atom stereocenters. The number of hydrazine groups is 1. The smallest absolute Gasteiger partial charge is 0.252 e. The summed E-state index contributed by atoms with van der Waals surface area (Å²) in [6.07, 6.45) is 1.08. The number of aromatic amines is 1. The molecule has 2 heterocycles. The van der Waals surface area contributed by atoms with Crippen LogP contribution < -0.4 is 5.43 Å². The highest BCUT2D eigenvalue weighted by Crippen LogP contribution is 2.31. The van der Waals surface area contributed by atoms with Crippen molar-refractivity contribution >= 4 is 34.4 Å². The van der Waals surface area contributed by atoms with Crippen LogP contribution in [0.2, 0.25) is 5.02 Å². The number of amides is 1. The number of halogens is 1. The lowest BCUT2D eigenvalue weighted by atomic mass is 9.98. The highest BCUT2D eigenvalue weighted by atomic mass is 35.5. The van der Waals surface area contributed by atoms with Crippen molar-refractivity contribution in [3.05, 3.63) is 88.9 Å². The first kappa shape index (κ1) is 24.2. The molecule has 182 valence electrons. The summed E-state index contributed by atoms with van der Waals surface area (Å²) in [5, 5.41) is 17.6. The summed E-state index contributed by atoms with van der Waals surface area (Å²) in [5.41, 5.74) is 8.36. The van der Waals surface area contributed by atoms with E-state index in [4.69, 9.17) is 11.6 Å². The van der Waals surface area contributed by atoms with E-state index >= 15 is 0 Å². The van der Waals surface area contributed by atoms with Crippen molar-refractivity contribution in [3.8, 4) is 22.5 Å². The Balaban J connectivity index is 1.33. The molecule has 0 spiro atoms. The average Bonchev–Trinajstić information content (AvgIpc) is 3.56. The van der Waals surface area contributed by atoms with Crippen LogP contribution in [0.4, 0.5) is 0 Å². The lowest BCUT2D eigenvalue weighted by molar-refractivity contribution is -0.117. The van der Waals surface area contributed by atoms with Gasteiger partial charge in [-0.05, 0) is 45.2 Å². The first-order chi connectivity index (χ1) is 17.6. The molecular weight excluding hydrogens is 494 g/mol. The molecule has 36 heavy (non-hydrogen) atoms. The number of H-pyrrole nitrogens is 1. The second-order valence-electron chi connectivity index (χ2n) is 8.28. The zero-order valence-corrected chi connectivity index (χ0v) is 21.1. The Morgan fingerprint density at radius 2 is 1.81 bits per heavy atom. The molecular formula is C26H24ClN7OS. The number of aromatic nitrogens is 4. The SMILES string of the molecule is CCC1NN(Cc2ccc(-c3ccccc3-c3nnn[nH]3)cc2)C(=NC(=O)Cc2ccccc2Cl)S1. The van der Waals surface area contributed by atoms with E-state index in [2.05, 4.69) is 62.2 Å². The molecule has 1 amide bonds. The number of aliphatic imine (C=N–C) groups is 1. The van der Waals surface area contributed by atoms with Crippen molar-refractivity contribution in [1.82, 2.24) is 31.1 Å². The van der Waals surface area contributed by atoms with Gasteiger partial charge < -0.3 is 0 Å². The van der Waals surface area contributed by atoms with Gasteiger partial charge in [-0.2, -0.15) is 4.99 Å². The molecule has 4 aromatic rings. The molecule has 0 aliphatic carbocycles. The van der Waals surface area contributed by atoms with Crippen LogP contribution in [0.25, 0.3) is 22.5 Å². The Morgan fingerprint density at radius 3 is 2.53 bits per heavy atom. The second-order valence-corrected chi connectivity index (χ2v) is 9.86. The summed E-state index contributed by atoms with van der Waals surface area (Å²) in [7, 11) is 0. The standard InChI is InChI=1S/C26H24ClN7OS/c1-2-24-31-34(26(36-24)28-23(35)15-19-7-3-6-10-22(19)27)16-17-11-13-18(14-12-17)20-8-4-5-9-21(20)25-29-32-33-30-25/h3-14,24,31H,2,15-16H2,1H3,(H,29,30,32,33). The highest BCUT2D eigenvalue weighted by Gasteiger charge is 2.28. The molecule has 0 saturated carbocycles. The zero-order chi connectivity index (χ0) is 24.9. The molecule has 1 aromatic heterocycles. The van der Waals surface area contributed by atoms with Gasteiger partial charge in [-0.1, -0.05) is 97.0 Å². The molecule has 1 aliphatic rings. The first-order valence-corrected chi connectivity index (χ1v) is 12.8. The fourth-order valence-corrected chi connectivity index (χ4v) is 5.16. The number of tetrazole rings is 1. The quantitative estimate of drug-likeness (QED) is 0.351. The van der Waals surface area contributed by atoms with Crippen LogP contribution in [0.5, 0.6) is 0 Å². The lowest BCUT2D eigenvalue weighted by Crippen LogP contribution is -2.37. The molecule has 10 heteroatoms. The van der Waals surface area contributed by atoms with Gasteiger partial charge in [0.15, 0.2) is 11.0 Å². The summed E-state index contributed by atoms with van der Waals surface area (Å²) in [6, 6.07) is 23.7. The van der Waals surface area contributed by atoms with Gasteiger partial charge in [0.1, 0.15) is 0 Å². The van der Waals surface area contributed by atoms with E-state index < -0.39 is 0 Å². The summed E-state index contributed by atoms with van der Waals surface area (Å²) in [6.45, 7) is 2.68. The number of hydrogen-bond donors (Lipinski definition) is 2. The van der Waals surface area contributed by atoms with Crippen LogP contribution in [0.1, 0.15) is 24.5 Å². The van der Waals surface area contributed by atoms with Crippen molar-refractivity contribution in [2.75, 3.05) is 0 Å². The number of carbonyl (C=O) groups excluding carboxylic acids is 1. The fraction of sp³-hybridized carbons (Fsp3) is 0.192. The maximum absolute atomic E-state index is 12.7. The number of hydrogen-bond acceptors (Lipinski definition) is 6. The summed E-state index contributed by atoms with van der Waals surface area (Å²) >= 11 is 7.79. The summed E-state index contributed by atoms with van der Waals surface area (Å²) in [4.78, 5) is 17.1. The number of benzene rings is 3. The first-order valence-electron chi connectivity index (χ1n) is 11.6. The average molecular weight is 518 g/mol. The molecule has 8 nitrogen and oxygen atoms in total. The van der Waals surface area contributed by atoms with E-state index in [0.29, 0.717) is 22.6 Å². The van der Waals surface area contributed by atoms with Crippen LogP contribution in [-0.4, -0.2) is 42.1 Å². The van der Waals surface area contributed by atoms with Crippen molar-refractivity contribution in [3.63, 3.8) is 0 Å². The number of amidine groups is 1. The molecule has 0 bridgehead atoms. The highest BCUT2D eigenvalue weighted by molar-refractivity contribution is 8.14. The number of thioether (sulfide) groups is 1. The maximum atomic E-state index is 12.7. The third kappa shape index (κ3) is 5.48. The topological polar surface area (TPSA) is 99.2 Å². The van der Waals surface area contributed by atoms with Crippen molar-refractivity contribution in [2.45, 2.75) is 31.7 Å². The number of rotatable bonds is 7. The Labute approximate surface area is 218 Å². The Morgan fingerprint density at radius 1 is 1.06 bits per heavy atom. The van der Waals surface area contributed by atoms with Crippen LogP contribution in [0, 0.1) is 0 Å². The minimum atomic E-state index is -0.219. The molecule has 3 aromatic carbocycles. The molecule has 1 fully saturated rings. The van der Waals surface area contributed by atoms with Gasteiger partial charge in [0.05, 0.1) is 18.3 Å².